The molecule has 0 bridgehead atoms. The molecule has 0 N–H and O–H groups in total. The Bertz CT molecular complexity index is 8670. The second kappa shape index (κ2) is 31.1. The second-order valence-corrected chi connectivity index (χ2v) is 40.1. The van der Waals surface area contributed by atoms with Crippen molar-refractivity contribution in [2.24, 2.45) is 0 Å². The summed E-state index contributed by atoms with van der Waals surface area (Å²) in [7, 11) is 0. The highest BCUT2D eigenvalue weighted by Crippen LogP contribution is 2.48. The summed E-state index contributed by atoms with van der Waals surface area (Å²) in [4.78, 5) is 31.2. The third-order valence-corrected chi connectivity index (χ3v) is 29.5. The van der Waals surface area contributed by atoms with Crippen LogP contribution >= 0.6 is 34.0 Å². The molecule has 6 nitrogen and oxygen atoms in total. The molecule has 0 aliphatic rings. The lowest BCUT2D eigenvalue weighted by atomic mass is 9.83. The van der Waals surface area contributed by atoms with E-state index in [0.717, 1.165) is 99.2 Å². The summed E-state index contributed by atoms with van der Waals surface area (Å²) in [5, 5.41) is 22.3. The van der Waals surface area contributed by atoms with Crippen LogP contribution in [0.1, 0.15) is 114 Å². The normalized spacial score (nSPS) is 12.2. The number of hydrogen-bond acceptors (Lipinski definition) is 9. The second-order valence-electron chi connectivity index (χ2n) is 37.0. The van der Waals surface area contributed by atoms with E-state index in [1.54, 1.807) is 0 Å². The maximum absolute atomic E-state index is 5.36. The Hall–Kier alpha value is -13.8. The van der Waals surface area contributed by atoms with Gasteiger partial charge >= 0.3 is 0 Å². The quantitative estimate of drug-likeness (QED) is 0.141. The minimum Gasteiger partial charge on any atom is -0.252 e. The highest BCUT2D eigenvalue weighted by molar-refractivity contribution is 7.27. The Morgan fingerprint density at radius 3 is 0.835 bits per heavy atom. The van der Waals surface area contributed by atoms with Crippen molar-refractivity contribution in [2.45, 2.75) is 106 Å². The number of nitrogens with zero attached hydrogens (tertiary/aromatic N) is 6. The summed E-state index contributed by atoms with van der Waals surface area (Å²) < 4.78 is 7.93. The van der Waals surface area contributed by atoms with Gasteiger partial charge < -0.3 is 0 Å². The van der Waals surface area contributed by atoms with Gasteiger partial charge in [0, 0.05) is 110 Å². The zero-order valence-electron chi connectivity index (χ0n) is 73.2. The van der Waals surface area contributed by atoms with Crippen LogP contribution in [0.15, 0.2) is 328 Å². The van der Waals surface area contributed by atoms with Gasteiger partial charge in [-0.15, -0.1) is 34.0 Å². The van der Waals surface area contributed by atoms with Gasteiger partial charge in [0.25, 0.3) is 0 Å². The molecule has 0 unspecified atom stereocenters. The van der Waals surface area contributed by atoms with Gasteiger partial charge in [0.1, 0.15) is 0 Å². The van der Waals surface area contributed by atoms with Gasteiger partial charge in [-0.1, -0.05) is 341 Å². The van der Waals surface area contributed by atoms with Crippen molar-refractivity contribution in [3.05, 3.63) is 361 Å². The lowest BCUT2D eigenvalue weighted by Gasteiger charge is -2.22. The molecular weight excluding hydrogens is 1600 g/mol. The molecule has 0 aliphatic heterocycles. The average molecular weight is 1690 g/mol. The molecule has 6 heterocycles. The molecule has 612 valence electrons. The number of rotatable bonds is 8. The van der Waals surface area contributed by atoms with Crippen LogP contribution in [0.2, 0.25) is 0 Å². The Kier molecular flexibility index (Phi) is 19.4. The van der Waals surface area contributed by atoms with Gasteiger partial charge in [-0.05, 0) is 173 Å². The standard InChI is InChI=1S/C42H36N2S.C40H32N2S.C36H24N2S/c1-41(2,3)27-17-19-31-34(22-27)35-23-28(42(4,5)6)18-20-32(35)39-38(31)43-24-36(44-39)26-12-9-11-25(21-26)29-14-10-15-33-30-13-7-8-16-37(30)45-40(29)33;1-23(2)25-15-17-31-34(20-25)35-21-26(24(3)4)16-18-32(35)39-38(31)41-22-36(42-39)28-10-7-9-27(19-28)29-12-8-13-33-30-11-5-6-14-37(30)43-40(29)33;1-21-13-15-27-30(17-21)31-18-22(2)14-16-28(31)35-34(27)37-20-32(38-35)24-8-5-7-23(19-24)25-10-6-11-29-26-9-3-4-12-33(26)39-36(25)29/h7-24H,1-6H3;5-24H,1-4H3;3-20H,1-2H3. The molecule has 24 rings (SSSR count). The van der Waals surface area contributed by atoms with Crippen LogP contribution in [0.3, 0.4) is 0 Å². The number of aryl methyl sites for hydroxylation is 2. The molecule has 24 aromatic rings. The summed E-state index contributed by atoms with van der Waals surface area (Å²) in [5.41, 5.74) is 26.9. The van der Waals surface area contributed by atoms with Crippen molar-refractivity contribution in [1.29, 1.82) is 0 Å². The summed E-state index contributed by atoms with van der Waals surface area (Å²) in [6.07, 6.45) is 5.83. The third kappa shape index (κ3) is 14.0. The summed E-state index contributed by atoms with van der Waals surface area (Å²) >= 11 is 5.60. The molecule has 127 heavy (non-hydrogen) atoms. The molecule has 0 atom stereocenters. The Morgan fingerprint density at radius 1 is 0.228 bits per heavy atom. The average Bonchev–Trinajstić information content (AvgIpc) is 1.73. The first-order chi connectivity index (χ1) is 61.7. The van der Waals surface area contributed by atoms with Crippen molar-refractivity contribution in [1.82, 2.24) is 29.9 Å². The zero-order chi connectivity index (χ0) is 86.4. The fourth-order valence-electron chi connectivity index (χ4n) is 19.0. The van der Waals surface area contributed by atoms with Crippen molar-refractivity contribution in [2.75, 3.05) is 0 Å². The zero-order valence-corrected chi connectivity index (χ0v) is 75.7. The van der Waals surface area contributed by atoms with Crippen molar-refractivity contribution < 1.29 is 0 Å². The Morgan fingerprint density at radius 2 is 0.504 bits per heavy atom. The highest BCUT2D eigenvalue weighted by atomic mass is 32.1. The molecule has 0 saturated heterocycles. The SMILES string of the molecule is CC(C)(C)c1ccc2c(c1)c1cc(C(C)(C)C)ccc1c1nc(-c3cccc(-c4cccc5c4sc4ccccc45)c3)cnc21.CC(C)c1ccc2c(c1)c1cc(C(C)C)ccc1c1nc(-c3cccc(-c4cccc5c4sc4ccccc45)c3)cnc21.Cc1ccc2c(c1)c1cc(C)ccc1c1nc(-c3cccc(-c4cccc5c4sc4ccccc45)c3)cnc21. The molecular formula is C118H92N6S3. The monoisotopic (exact) mass is 1690 g/mol. The Labute approximate surface area is 750 Å². The molecule has 0 fully saturated rings. The lowest BCUT2D eigenvalue weighted by Crippen LogP contribution is -2.11. The molecule has 0 radical (unpaired) electrons. The van der Waals surface area contributed by atoms with Gasteiger partial charge in [0.2, 0.25) is 0 Å². The smallest absolute Gasteiger partial charge is 0.0979 e. The number of fused-ring (bicyclic) bond motifs is 27. The van der Waals surface area contributed by atoms with Crippen LogP contribution in [0.25, 0.3) is 225 Å². The maximum Gasteiger partial charge on any atom is 0.0979 e. The van der Waals surface area contributed by atoms with E-state index in [-0.39, 0.29) is 10.8 Å². The molecule has 0 spiro atoms. The summed E-state index contributed by atoms with van der Waals surface area (Å²) in [6, 6.07) is 113. The first-order valence-corrected chi connectivity index (χ1v) is 46.6. The van der Waals surface area contributed by atoms with E-state index >= 15 is 0 Å². The van der Waals surface area contributed by atoms with Crippen molar-refractivity contribution >= 4 is 192 Å². The highest BCUT2D eigenvalue weighted by Gasteiger charge is 2.25. The summed E-state index contributed by atoms with van der Waals surface area (Å²) in [5.74, 6) is 0.913. The summed E-state index contributed by atoms with van der Waals surface area (Å²) in [6.45, 7) is 27.0. The van der Waals surface area contributed by atoms with E-state index in [4.69, 9.17) is 29.9 Å². The van der Waals surface area contributed by atoms with Crippen LogP contribution in [0.4, 0.5) is 0 Å². The van der Waals surface area contributed by atoms with Gasteiger partial charge in [-0.25, -0.2) is 15.0 Å². The predicted octanol–water partition coefficient (Wildman–Crippen LogP) is 34.4. The van der Waals surface area contributed by atoms with E-state index in [1.807, 2.05) is 52.6 Å². The van der Waals surface area contributed by atoms with Crippen molar-refractivity contribution in [3.8, 4) is 67.2 Å². The number of thiophene rings is 3. The van der Waals surface area contributed by atoms with E-state index in [1.165, 1.54) is 160 Å². The predicted molar refractivity (Wildman–Crippen MR) is 550 cm³/mol. The van der Waals surface area contributed by atoms with E-state index in [2.05, 4.69) is 392 Å². The van der Waals surface area contributed by atoms with Crippen LogP contribution in [-0.2, 0) is 10.8 Å². The first-order valence-electron chi connectivity index (χ1n) is 44.1. The Balaban J connectivity index is 0.000000113. The molecule has 0 aliphatic carbocycles. The lowest BCUT2D eigenvalue weighted by molar-refractivity contribution is 0.590. The van der Waals surface area contributed by atoms with Crippen LogP contribution in [-0.4, -0.2) is 29.9 Å². The van der Waals surface area contributed by atoms with Gasteiger partial charge in [-0.2, -0.15) is 0 Å². The van der Waals surface area contributed by atoms with Gasteiger partial charge in [-0.3, -0.25) is 15.0 Å². The van der Waals surface area contributed by atoms with Gasteiger partial charge in [0.15, 0.2) is 0 Å². The van der Waals surface area contributed by atoms with Crippen molar-refractivity contribution in [3.63, 3.8) is 0 Å². The van der Waals surface area contributed by atoms with Crippen LogP contribution < -0.4 is 0 Å². The van der Waals surface area contributed by atoms with E-state index in [0.29, 0.717) is 11.8 Å². The topological polar surface area (TPSA) is 77.3 Å². The molecule has 0 amide bonds. The van der Waals surface area contributed by atoms with E-state index in [9.17, 15) is 0 Å². The fraction of sp³-hybridized carbons (Fsp3) is 0.136. The number of aromatic nitrogens is 6. The van der Waals surface area contributed by atoms with Crippen LogP contribution in [0, 0.1) is 13.8 Å². The first kappa shape index (κ1) is 79.1. The molecule has 6 aromatic heterocycles. The van der Waals surface area contributed by atoms with Crippen LogP contribution in [0.5, 0.6) is 0 Å². The maximum atomic E-state index is 5.36. The van der Waals surface area contributed by atoms with E-state index < -0.39 is 0 Å². The minimum absolute atomic E-state index is 0.0440. The fourth-order valence-corrected chi connectivity index (χ4v) is 22.7. The number of hydrogen-bond donors (Lipinski definition) is 0. The third-order valence-electron chi connectivity index (χ3n) is 25.9. The molecule has 18 aromatic carbocycles. The molecule has 0 saturated carbocycles. The van der Waals surface area contributed by atoms with Gasteiger partial charge in [0.05, 0.1) is 68.8 Å². The largest absolute Gasteiger partial charge is 0.252 e. The molecule has 9 heteroatoms. The number of benzene rings is 18. The minimum atomic E-state index is 0.0440.